The van der Waals surface area contributed by atoms with Gasteiger partial charge in [0, 0.05) is 5.69 Å². The summed E-state index contributed by atoms with van der Waals surface area (Å²) < 4.78 is 4.94. The minimum Gasteiger partial charge on any atom is -0.442 e. The second kappa shape index (κ2) is 5.07. The maximum absolute atomic E-state index is 11.2. The summed E-state index contributed by atoms with van der Waals surface area (Å²) in [6, 6.07) is 9.14. The van der Waals surface area contributed by atoms with E-state index in [0.717, 1.165) is 0 Å². The van der Waals surface area contributed by atoms with E-state index in [9.17, 15) is 4.79 Å². The molecule has 0 aliphatic carbocycles. The minimum absolute atomic E-state index is 0.279. The number of anilines is 1. The van der Waals surface area contributed by atoms with Crippen molar-refractivity contribution in [3.8, 4) is 0 Å². The zero-order valence-corrected chi connectivity index (χ0v) is 8.07. The summed E-state index contributed by atoms with van der Waals surface area (Å²) in [6.45, 7) is 5.26. The standard InChI is InChI=1S/C11H13NO2/c1-3-9(2)14-11(13)12-10-7-5-4-6-8-10/h3-9H,1H2,2H3,(H,12,13). The fourth-order valence-corrected chi connectivity index (χ4v) is 0.886. The molecule has 74 valence electrons. The summed E-state index contributed by atoms with van der Waals surface area (Å²) in [5, 5.41) is 2.60. The molecule has 1 atom stereocenters. The Hall–Kier alpha value is -1.77. The van der Waals surface area contributed by atoms with Crippen LogP contribution in [0.25, 0.3) is 0 Å². The van der Waals surface area contributed by atoms with E-state index in [-0.39, 0.29) is 6.10 Å². The molecule has 0 bridgehead atoms. The molecular weight excluding hydrogens is 178 g/mol. The fourth-order valence-electron chi connectivity index (χ4n) is 0.886. The molecule has 1 aromatic rings. The predicted octanol–water partition coefficient (Wildman–Crippen LogP) is 2.81. The molecule has 0 saturated carbocycles. The van der Waals surface area contributed by atoms with Gasteiger partial charge in [0.1, 0.15) is 6.10 Å². The first-order valence-corrected chi connectivity index (χ1v) is 4.37. The quantitative estimate of drug-likeness (QED) is 0.746. The average Bonchev–Trinajstić information content (AvgIpc) is 2.19. The maximum atomic E-state index is 11.2. The Morgan fingerprint density at radius 2 is 2.14 bits per heavy atom. The van der Waals surface area contributed by atoms with Gasteiger partial charge in [-0.25, -0.2) is 4.79 Å². The van der Waals surface area contributed by atoms with Crippen LogP contribution in [0.15, 0.2) is 43.0 Å². The molecule has 0 saturated heterocycles. The molecule has 0 aromatic heterocycles. The number of carbonyl (C=O) groups is 1. The average molecular weight is 191 g/mol. The van der Waals surface area contributed by atoms with Crippen LogP contribution in [0, 0.1) is 0 Å². The largest absolute Gasteiger partial charge is 0.442 e. The second-order valence-corrected chi connectivity index (χ2v) is 2.84. The van der Waals surface area contributed by atoms with Crippen LogP contribution in [0.4, 0.5) is 10.5 Å². The molecule has 1 unspecified atom stereocenters. The van der Waals surface area contributed by atoms with E-state index in [2.05, 4.69) is 11.9 Å². The second-order valence-electron chi connectivity index (χ2n) is 2.84. The summed E-state index contributed by atoms with van der Waals surface area (Å²) >= 11 is 0. The van der Waals surface area contributed by atoms with E-state index in [1.54, 1.807) is 25.1 Å². The Balaban J connectivity index is 2.46. The highest BCUT2D eigenvalue weighted by Crippen LogP contribution is 2.06. The third kappa shape index (κ3) is 3.31. The minimum atomic E-state index is -0.469. The molecule has 0 aliphatic heterocycles. The normalized spacial score (nSPS) is 11.5. The zero-order chi connectivity index (χ0) is 10.4. The van der Waals surface area contributed by atoms with Gasteiger partial charge in [0.25, 0.3) is 0 Å². The molecule has 1 amide bonds. The predicted molar refractivity (Wildman–Crippen MR) is 56.2 cm³/mol. The van der Waals surface area contributed by atoms with Crippen LogP contribution in [0.1, 0.15) is 6.92 Å². The number of rotatable bonds is 3. The molecule has 3 heteroatoms. The van der Waals surface area contributed by atoms with Crippen molar-refractivity contribution in [2.75, 3.05) is 5.32 Å². The molecule has 1 rings (SSSR count). The highest BCUT2D eigenvalue weighted by Gasteiger charge is 2.05. The SMILES string of the molecule is C=CC(C)OC(=O)Nc1ccccc1. The van der Waals surface area contributed by atoms with Gasteiger partial charge in [-0.1, -0.05) is 30.9 Å². The van der Waals surface area contributed by atoms with Crippen molar-refractivity contribution in [3.05, 3.63) is 43.0 Å². The number of benzene rings is 1. The van der Waals surface area contributed by atoms with Gasteiger partial charge in [-0.15, -0.1) is 0 Å². The molecule has 14 heavy (non-hydrogen) atoms. The van der Waals surface area contributed by atoms with Crippen LogP contribution in [-0.4, -0.2) is 12.2 Å². The van der Waals surface area contributed by atoms with Crippen molar-refractivity contribution in [1.29, 1.82) is 0 Å². The monoisotopic (exact) mass is 191 g/mol. The van der Waals surface area contributed by atoms with Crippen LogP contribution in [-0.2, 0) is 4.74 Å². The lowest BCUT2D eigenvalue weighted by Crippen LogP contribution is -2.18. The molecule has 0 aliphatic rings. The highest BCUT2D eigenvalue weighted by molar-refractivity contribution is 5.84. The van der Waals surface area contributed by atoms with E-state index in [1.807, 2.05) is 18.2 Å². The van der Waals surface area contributed by atoms with Gasteiger partial charge in [-0.3, -0.25) is 5.32 Å². The van der Waals surface area contributed by atoms with Crippen molar-refractivity contribution >= 4 is 11.8 Å². The summed E-state index contributed by atoms with van der Waals surface area (Å²) in [6.07, 6.45) is 0.812. The van der Waals surface area contributed by atoms with E-state index in [1.165, 1.54) is 0 Å². The number of hydrogen-bond donors (Lipinski definition) is 1. The van der Waals surface area contributed by atoms with Gasteiger partial charge in [-0.05, 0) is 19.1 Å². The zero-order valence-electron chi connectivity index (χ0n) is 8.07. The van der Waals surface area contributed by atoms with Gasteiger partial charge in [-0.2, -0.15) is 0 Å². The lowest BCUT2D eigenvalue weighted by Gasteiger charge is -2.09. The Labute approximate surface area is 83.4 Å². The summed E-state index contributed by atoms with van der Waals surface area (Å²) in [5.74, 6) is 0. The van der Waals surface area contributed by atoms with Gasteiger partial charge in [0.15, 0.2) is 0 Å². The third-order valence-electron chi connectivity index (χ3n) is 1.65. The fraction of sp³-hybridized carbons (Fsp3) is 0.182. The molecule has 3 nitrogen and oxygen atoms in total. The third-order valence-corrected chi connectivity index (χ3v) is 1.65. The Morgan fingerprint density at radius 3 is 2.71 bits per heavy atom. The molecule has 0 heterocycles. The number of para-hydroxylation sites is 1. The first kappa shape index (κ1) is 10.3. The Morgan fingerprint density at radius 1 is 1.50 bits per heavy atom. The molecular formula is C11H13NO2. The molecule has 0 radical (unpaired) electrons. The van der Waals surface area contributed by atoms with E-state index < -0.39 is 6.09 Å². The van der Waals surface area contributed by atoms with Crippen LogP contribution in [0.3, 0.4) is 0 Å². The van der Waals surface area contributed by atoms with Crippen molar-refractivity contribution in [1.82, 2.24) is 0 Å². The van der Waals surface area contributed by atoms with Gasteiger partial charge in [0.05, 0.1) is 0 Å². The van der Waals surface area contributed by atoms with E-state index in [0.29, 0.717) is 5.69 Å². The Bertz CT molecular complexity index is 308. The summed E-state index contributed by atoms with van der Waals surface area (Å²) in [7, 11) is 0. The van der Waals surface area contributed by atoms with Crippen molar-refractivity contribution in [2.45, 2.75) is 13.0 Å². The maximum Gasteiger partial charge on any atom is 0.412 e. The number of ether oxygens (including phenoxy) is 1. The van der Waals surface area contributed by atoms with Crippen LogP contribution < -0.4 is 5.32 Å². The van der Waals surface area contributed by atoms with Crippen LogP contribution >= 0.6 is 0 Å². The van der Waals surface area contributed by atoms with Crippen molar-refractivity contribution in [3.63, 3.8) is 0 Å². The Kier molecular flexibility index (Phi) is 3.73. The number of hydrogen-bond acceptors (Lipinski definition) is 2. The first-order valence-electron chi connectivity index (χ1n) is 4.37. The number of carbonyl (C=O) groups excluding carboxylic acids is 1. The van der Waals surface area contributed by atoms with Crippen molar-refractivity contribution < 1.29 is 9.53 Å². The summed E-state index contributed by atoms with van der Waals surface area (Å²) in [5.41, 5.74) is 0.716. The first-order chi connectivity index (χ1) is 6.72. The smallest absolute Gasteiger partial charge is 0.412 e. The molecule has 0 spiro atoms. The van der Waals surface area contributed by atoms with Crippen LogP contribution in [0.5, 0.6) is 0 Å². The van der Waals surface area contributed by atoms with Crippen molar-refractivity contribution in [2.24, 2.45) is 0 Å². The highest BCUT2D eigenvalue weighted by atomic mass is 16.6. The molecule has 0 fully saturated rings. The molecule has 1 N–H and O–H groups in total. The summed E-state index contributed by atoms with van der Waals surface area (Å²) in [4.78, 5) is 11.2. The lowest BCUT2D eigenvalue weighted by atomic mass is 10.3. The van der Waals surface area contributed by atoms with Gasteiger partial charge >= 0.3 is 6.09 Å². The van der Waals surface area contributed by atoms with Gasteiger partial charge < -0.3 is 4.74 Å². The van der Waals surface area contributed by atoms with Gasteiger partial charge in [0.2, 0.25) is 0 Å². The number of amides is 1. The molecule has 1 aromatic carbocycles. The van der Waals surface area contributed by atoms with E-state index in [4.69, 9.17) is 4.74 Å². The van der Waals surface area contributed by atoms with E-state index >= 15 is 0 Å². The topological polar surface area (TPSA) is 38.3 Å². The van der Waals surface area contributed by atoms with Crippen LogP contribution in [0.2, 0.25) is 0 Å². The lowest BCUT2D eigenvalue weighted by molar-refractivity contribution is 0.142. The number of nitrogens with one attached hydrogen (secondary N) is 1.